The molecule has 3 heterocycles. The first kappa shape index (κ1) is 19.1. The Bertz CT molecular complexity index is 812. The van der Waals surface area contributed by atoms with Crippen molar-refractivity contribution in [1.82, 2.24) is 24.6 Å². The molecular weight excluding hydrogens is 354 g/mol. The molecule has 28 heavy (non-hydrogen) atoms. The summed E-state index contributed by atoms with van der Waals surface area (Å²) < 4.78 is 1.93. The Morgan fingerprint density at radius 2 is 2.07 bits per heavy atom. The van der Waals surface area contributed by atoms with Crippen LogP contribution in [0.25, 0.3) is 0 Å². The van der Waals surface area contributed by atoms with Gasteiger partial charge in [0.05, 0.1) is 5.69 Å². The van der Waals surface area contributed by atoms with Crippen molar-refractivity contribution in [3.8, 4) is 0 Å². The van der Waals surface area contributed by atoms with Crippen LogP contribution in [-0.4, -0.2) is 67.9 Å². The Hall–Kier alpha value is -2.25. The molecule has 2 aliphatic rings. The summed E-state index contributed by atoms with van der Waals surface area (Å²) in [7, 11) is 0. The van der Waals surface area contributed by atoms with Crippen molar-refractivity contribution in [1.29, 1.82) is 0 Å². The van der Waals surface area contributed by atoms with Gasteiger partial charge in [-0.3, -0.25) is 19.5 Å². The van der Waals surface area contributed by atoms with E-state index in [0.29, 0.717) is 6.04 Å². The second kappa shape index (κ2) is 8.41. The molecule has 1 unspecified atom stereocenters. The molecule has 2 aromatic rings. The number of carboxylic acid groups (broad SMARTS) is 1. The zero-order chi connectivity index (χ0) is 19.5. The van der Waals surface area contributed by atoms with Gasteiger partial charge in [0.25, 0.3) is 0 Å². The molecule has 7 heteroatoms. The molecule has 4 rings (SSSR count). The highest BCUT2D eigenvalue weighted by atomic mass is 16.4. The maximum absolute atomic E-state index is 11.7. The standard InChI is InChI=1S/C21H29N5O2/c1-2-9-26-19-7-6-17(14-18(19)20(23-26)21(27)28)25-12-10-24(11-13-25)15-16-5-3-4-8-22-16/h3-5,8,17H,2,6-7,9-15H2,1H3,(H,27,28). The smallest absolute Gasteiger partial charge is 0.356 e. The second-order valence-corrected chi connectivity index (χ2v) is 7.83. The molecule has 0 spiro atoms. The van der Waals surface area contributed by atoms with Gasteiger partial charge in [-0.25, -0.2) is 4.79 Å². The Morgan fingerprint density at radius 3 is 2.75 bits per heavy atom. The van der Waals surface area contributed by atoms with Crippen LogP contribution in [0.1, 0.15) is 47.2 Å². The van der Waals surface area contributed by atoms with Crippen molar-refractivity contribution in [2.75, 3.05) is 26.2 Å². The van der Waals surface area contributed by atoms with Gasteiger partial charge in [-0.2, -0.15) is 5.10 Å². The number of hydrogen-bond acceptors (Lipinski definition) is 5. The third-order valence-corrected chi connectivity index (χ3v) is 5.99. The Balaban J connectivity index is 1.39. The largest absolute Gasteiger partial charge is 0.476 e. The van der Waals surface area contributed by atoms with Crippen LogP contribution < -0.4 is 0 Å². The van der Waals surface area contributed by atoms with E-state index < -0.39 is 5.97 Å². The van der Waals surface area contributed by atoms with Crippen LogP contribution in [-0.2, 0) is 25.9 Å². The molecule has 150 valence electrons. The molecule has 1 aliphatic carbocycles. The maximum Gasteiger partial charge on any atom is 0.356 e. The fourth-order valence-electron chi connectivity index (χ4n) is 4.56. The lowest BCUT2D eigenvalue weighted by molar-refractivity contribution is 0.0684. The predicted octanol–water partition coefficient (Wildman–Crippen LogP) is 2.06. The lowest BCUT2D eigenvalue weighted by Gasteiger charge is -2.40. The maximum atomic E-state index is 11.7. The van der Waals surface area contributed by atoms with E-state index in [4.69, 9.17) is 0 Å². The summed E-state index contributed by atoms with van der Waals surface area (Å²) in [6.07, 6.45) is 5.63. The van der Waals surface area contributed by atoms with E-state index in [1.54, 1.807) is 0 Å². The Labute approximate surface area is 166 Å². The molecule has 2 aromatic heterocycles. The molecule has 0 aromatic carbocycles. The number of fused-ring (bicyclic) bond motifs is 1. The summed E-state index contributed by atoms with van der Waals surface area (Å²) in [6.45, 7) is 7.91. The Morgan fingerprint density at radius 1 is 1.25 bits per heavy atom. The third-order valence-electron chi connectivity index (χ3n) is 5.99. The first-order valence-corrected chi connectivity index (χ1v) is 10.3. The minimum absolute atomic E-state index is 0.266. The van der Waals surface area contributed by atoms with Crippen LogP contribution in [0.15, 0.2) is 24.4 Å². The summed E-state index contributed by atoms with van der Waals surface area (Å²) in [6, 6.07) is 6.49. The number of aromatic carboxylic acids is 1. The summed E-state index contributed by atoms with van der Waals surface area (Å²) in [5, 5.41) is 14.0. The number of carbonyl (C=O) groups is 1. The van der Waals surface area contributed by atoms with E-state index in [1.165, 1.54) is 0 Å². The molecule has 1 atom stereocenters. The number of piperazine rings is 1. The van der Waals surface area contributed by atoms with Crippen molar-refractivity contribution < 1.29 is 9.90 Å². The molecule has 0 amide bonds. The average molecular weight is 383 g/mol. The molecule has 1 fully saturated rings. The number of carboxylic acids is 1. The number of aromatic nitrogens is 3. The fourth-order valence-corrected chi connectivity index (χ4v) is 4.56. The second-order valence-electron chi connectivity index (χ2n) is 7.83. The molecular formula is C21H29N5O2. The van der Waals surface area contributed by atoms with E-state index in [1.807, 2.05) is 23.0 Å². The third kappa shape index (κ3) is 3.95. The monoisotopic (exact) mass is 383 g/mol. The molecule has 0 saturated carbocycles. The van der Waals surface area contributed by atoms with Gasteiger partial charge >= 0.3 is 5.97 Å². The van der Waals surface area contributed by atoms with Gasteiger partial charge in [0.15, 0.2) is 5.69 Å². The van der Waals surface area contributed by atoms with E-state index in [0.717, 1.165) is 81.9 Å². The van der Waals surface area contributed by atoms with Crippen LogP contribution >= 0.6 is 0 Å². The highest BCUT2D eigenvalue weighted by molar-refractivity contribution is 5.87. The zero-order valence-corrected chi connectivity index (χ0v) is 16.5. The van der Waals surface area contributed by atoms with Crippen molar-refractivity contribution >= 4 is 5.97 Å². The topological polar surface area (TPSA) is 74.5 Å². The van der Waals surface area contributed by atoms with E-state index in [-0.39, 0.29) is 5.69 Å². The molecule has 1 saturated heterocycles. The van der Waals surface area contributed by atoms with Gasteiger partial charge in [-0.1, -0.05) is 13.0 Å². The van der Waals surface area contributed by atoms with Crippen LogP contribution in [0, 0.1) is 0 Å². The quantitative estimate of drug-likeness (QED) is 0.823. The van der Waals surface area contributed by atoms with E-state index in [2.05, 4.69) is 32.9 Å². The van der Waals surface area contributed by atoms with Crippen molar-refractivity contribution in [2.24, 2.45) is 0 Å². The van der Waals surface area contributed by atoms with E-state index >= 15 is 0 Å². The van der Waals surface area contributed by atoms with Gasteiger partial charge in [-0.05, 0) is 37.8 Å². The summed E-state index contributed by atoms with van der Waals surface area (Å²) in [5.41, 5.74) is 3.49. The predicted molar refractivity (Wildman–Crippen MR) is 106 cm³/mol. The number of hydrogen-bond donors (Lipinski definition) is 1. The van der Waals surface area contributed by atoms with Crippen LogP contribution in [0.5, 0.6) is 0 Å². The lowest BCUT2D eigenvalue weighted by atomic mass is 9.90. The highest BCUT2D eigenvalue weighted by Crippen LogP contribution is 2.28. The van der Waals surface area contributed by atoms with E-state index in [9.17, 15) is 9.90 Å². The minimum atomic E-state index is -0.896. The summed E-state index contributed by atoms with van der Waals surface area (Å²) in [4.78, 5) is 21.1. The van der Waals surface area contributed by atoms with Gasteiger partial charge in [0.1, 0.15) is 0 Å². The molecule has 0 radical (unpaired) electrons. The number of aryl methyl sites for hydroxylation is 1. The molecule has 0 bridgehead atoms. The SMILES string of the molecule is CCCn1nc(C(=O)O)c2c1CCC(N1CCN(Cc3ccccn3)CC1)C2. The van der Waals surface area contributed by atoms with Crippen LogP contribution in [0.4, 0.5) is 0 Å². The normalized spacial score (nSPS) is 20.8. The van der Waals surface area contributed by atoms with Crippen molar-refractivity contribution in [3.05, 3.63) is 47.0 Å². The number of pyridine rings is 1. The Kier molecular flexibility index (Phi) is 5.73. The summed E-state index contributed by atoms with van der Waals surface area (Å²) >= 11 is 0. The van der Waals surface area contributed by atoms with Crippen molar-refractivity contribution in [2.45, 2.75) is 51.7 Å². The fraction of sp³-hybridized carbons (Fsp3) is 0.571. The first-order chi connectivity index (χ1) is 13.7. The molecule has 1 aliphatic heterocycles. The number of rotatable bonds is 6. The lowest BCUT2D eigenvalue weighted by Crippen LogP contribution is -2.51. The van der Waals surface area contributed by atoms with Crippen molar-refractivity contribution in [3.63, 3.8) is 0 Å². The first-order valence-electron chi connectivity index (χ1n) is 10.3. The average Bonchev–Trinajstić information content (AvgIpc) is 3.08. The highest BCUT2D eigenvalue weighted by Gasteiger charge is 2.32. The molecule has 7 nitrogen and oxygen atoms in total. The number of nitrogens with zero attached hydrogens (tertiary/aromatic N) is 5. The van der Waals surface area contributed by atoms with Gasteiger partial charge in [-0.15, -0.1) is 0 Å². The van der Waals surface area contributed by atoms with Gasteiger partial charge < -0.3 is 5.11 Å². The minimum Gasteiger partial charge on any atom is -0.476 e. The van der Waals surface area contributed by atoms with Crippen LogP contribution in [0.3, 0.4) is 0 Å². The summed E-state index contributed by atoms with van der Waals surface area (Å²) in [5.74, 6) is -0.896. The zero-order valence-electron chi connectivity index (χ0n) is 16.5. The van der Waals surface area contributed by atoms with Gasteiger partial charge in [0, 0.05) is 62.8 Å². The molecule has 1 N–H and O–H groups in total. The van der Waals surface area contributed by atoms with Crippen LogP contribution in [0.2, 0.25) is 0 Å². The van der Waals surface area contributed by atoms with Gasteiger partial charge in [0.2, 0.25) is 0 Å².